The number of carbonyl (C=O) groups is 2. The van der Waals surface area contributed by atoms with Gasteiger partial charge in [0.1, 0.15) is 19.8 Å². The van der Waals surface area contributed by atoms with Crippen molar-refractivity contribution < 1.29 is 23.8 Å². The summed E-state index contributed by atoms with van der Waals surface area (Å²) in [5.41, 5.74) is 4.97. The van der Waals surface area contributed by atoms with Crippen LogP contribution in [0.2, 0.25) is 0 Å². The predicted molar refractivity (Wildman–Crippen MR) is 136 cm³/mol. The summed E-state index contributed by atoms with van der Waals surface area (Å²) in [6.07, 6.45) is 0.868. The molecule has 0 aliphatic rings. The van der Waals surface area contributed by atoms with Crippen molar-refractivity contribution in [2.75, 3.05) is 20.7 Å². The fourth-order valence-electron chi connectivity index (χ4n) is 3.01. The van der Waals surface area contributed by atoms with Crippen LogP contribution in [0.25, 0.3) is 0 Å². The average Bonchev–Trinajstić information content (AvgIpc) is 2.87. The third-order valence-corrected chi connectivity index (χ3v) is 5.37. The molecule has 2 amide bonds. The first-order chi connectivity index (χ1) is 17.0. The molecular formula is C26H26BrN3O5. The van der Waals surface area contributed by atoms with Crippen molar-refractivity contribution in [2.24, 2.45) is 5.10 Å². The van der Waals surface area contributed by atoms with Gasteiger partial charge in [-0.1, -0.05) is 60.7 Å². The Balaban J connectivity index is 1.50. The molecule has 0 aromatic heterocycles. The van der Waals surface area contributed by atoms with Crippen molar-refractivity contribution in [1.29, 1.82) is 0 Å². The summed E-state index contributed by atoms with van der Waals surface area (Å²) < 4.78 is 17.3. The Bertz CT molecular complexity index is 1160. The standard InChI is InChI=1S/C26H26BrN3O5/c1-30(26(32)35-18-20-11-7-4-8-12-20)16-24(31)29-28-15-21-13-22(27)25(23(14-21)33-2)34-17-19-9-5-3-6-10-19/h3-15H,16-18H2,1-2H3,(H,29,31)/b28-15+. The molecule has 3 rings (SSSR count). The van der Waals surface area contributed by atoms with Gasteiger partial charge in [0.25, 0.3) is 5.91 Å². The fraction of sp³-hybridized carbons (Fsp3) is 0.192. The largest absolute Gasteiger partial charge is 0.493 e. The van der Waals surface area contributed by atoms with Gasteiger partial charge in [-0.25, -0.2) is 10.2 Å². The molecule has 0 spiro atoms. The molecule has 0 radical (unpaired) electrons. The first kappa shape index (κ1) is 25.8. The molecule has 3 aromatic carbocycles. The Morgan fingerprint density at radius 3 is 2.26 bits per heavy atom. The van der Waals surface area contributed by atoms with E-state index in [2.05, 4.69) is 26.5 Å². The van der Waals surface area contributed by atoms with E-state index < -0.39 is 12.0 Å². The lowest BCUT2D eigenvalue weighted by Gasteiger charge is -2.15. The molecule has 35 heavy (non-hydrogen) atoms. The van der Waals surface area contributed by atoms with Gasteiger partial charge in [0.15, 0.2) is 11.5 Å². The quantitative estimate of drug-likeness (QED) is 0.296. The van der Waals surface area contributed by atoms with Gasteiger partial charge in [-0.2, -0.15) is 5.10 Å². The van der Waals surface area contributed by atoms with Gasteiger partial charge in [-0.3, -0.25) is 4.79 Å². The normalized spacial score (nSPS) is 10.6. The molecule has 1 N–H and O–H groups in total. The van der Waals surface area contributed by atoms with Crippen LogP contribution in [0.15, 0.2) is 82.4 Å². The van der Waals surface area contributed by atoms with E-state index >= 15 is 0 Å². The third kappa shape index (κ3) is 8.15. The lowest BCUT2D eigenvalue weighted by atomic mass is 10.2. The highest BCUT2D eigenvalue weighted by molar-refractivity contribution is 9.10. The minimum absolute atomic E-state index is 0.131. The van der Waals surface area contributed by atoms with Gasteiger partial charge in [-0.15, -0.1) is 0 Å². The van der Waals surface area contributed by atoms with Crippen LogP contribution >= 0.6 is 15.9 Å². The molecule has 0 saturated carbocycles. The Morgan fingerprint density at radius 1 is 1.00 bits per heavy atom. The number of methoxy groups -OCH3 is 1. The van der Waals surface area contributed by atoms with Crippen molar-refractivity contribution in [1.82, 2.24) is 10.3 Å². The number of benzene rings is 3. The molecule has 0 bridgehead atoms. The summed E-state index contributed by atoms with van der Waals surface area (Å²) in [5, 5.41) is 3.97. The second kappa shape index (κ2) is 13.1. The van der Waals surface area contributed by atoms with Crippen LogP contribution in [-0.2, 0) is 22.7 Å². The number of likely N-dealkylation sites (N-methyl/N-ethyl adjacent to an activating group) is 1. The van der Waals surface area contributed by atoms with Gasteiger partial charge in [0, 0.05) is 7.05 Å². The Morgan fingerprint density at radius 2 is 1.63 bits per heavy atom. The number of ether oxygens (including phenoxy) is 3. The highest BCUT2D eigenvalue weighted by atomic mass is 79.9. The van der Waals surface area contributed by atoms with Crippen molar-refractivity contribution in [3.05, 3.63) is 94.0 Å². The highest BCUT2D eigenvalue weighted by Crippen LogP contribution is 2.36. The van der Waals surface area contributed by atoms with Crippen LogP contribution in [0.1, 0.15) is 16.7 Å². The molecule has 0 atom stereocenters. The summed E-state index contributed by atoms with van der Waals surface area (Å²) in [6.45, 7) is 0.316. The van der Waals surface area contributed by atoms with Crippen LogP contribution < -0.4 is 14.9 Å². The lowest BCUT2D eigenvalue weighted by Crippen LogP contribution is -2.36. The number of halogens is 1. The van der Waals surface area contributed by atoms with Gasteiger partial charge in [-0.05, 0) is 44.8 Å². The molecule has 0 aliphatic carbocycles. The van der Waals surface area contributed by atoms with E-state index in [1.807, 2.05) is 60.7 Å². The number of hydrogen-bond acceptors (Lipinski definition) is 6. The summed E-state index contributed by atoms with van der Waals surface area (Å²) in [4.78, 5) is 25.4. The number of carbonyl (C=O) groups excluding carboxylic acids is 2. The minimum Gasteiger partial charge on any atom is -0.493 e. The molecule has 182 valence electrons. The van der Waals surface area contributed by atoms with Crippen molar-refractivity contribution in [3.63, 3.8) is 0 Å². The van der Waals surface area contributed by atoms with Crippen LogP contribution in [0.4, 0.5) is 4.79 Å². The molecule has 8 nitrogen and oxygen atoms in total. The van der Waals surface area contributed by atoms with Gasteiger partial charge < -0.3 is 19.1 Å². The minimum atomic E-state index is -0.604. The molecular weight excluding hydrogens is 514 g/mol. The SMILES string of the molecule is COc1cc(/C=N/NC(=O)CN(C)C(=O)OCc2ccccc2)cc(Br)c1OCc1ccccc1. The van der Waals surface area contributed by atoms with Crippen LogP contribution in [0, 0.1) is 0 Å². The number of nitrogens with zero attached hydrogens (tertiary/aromatic N) is 2. The van der Waals surface area contributed by atoms with Crippen LogP contribution in [-0.4, -0.2) is 43.8 Å². The molecule has 0 unspecified atom stereocenters. The van der Waals surface area contributed by atoms with E-state index in [0.717, 1.165) is 11.1 Å². The number of nitrogens with one attached hydrogen (secondary N) is 1. The van der Waals surface area contributed by atoms with E-state index in [1.54, 1.807) is 19.2 Å². The second-order valence-corrected chi connectivity index (χ2v) is 8.35. The summed E-state index contributed by atoms with van der Waals surface area (Å²) >= 11 is 3.50. The van der Waals surface area contributed by atoms with Crippen molar-refractivity contribution in [3.8, 4) is 11.5 Å². The Kier molecular flexibility index (Phi) is 9.68. The first-order valence-electron chi connectivity index (χ1n) is 10.7. The molecule has 0 aliphatic heterocycles. The number of amides is 2. The summed E-state index contributed by atoms with van der Waals surface area (Å²) in [6, 6.07) is 22.6. The first-order valence-corrected chi connectivity index (χ1v) is 11.5. The van der Waals surface area contributed by atoms with Crippen molar-refractivity contribution >= 4 is 34.1 Å². The zero-order valence-corrected chi connectivity index (χ0v) is 21.0. The number of hydrogen-bond donors (Lipinski definition) is 1. The third-order valence-electron chi connectivity index (χ3n) is 4.78. The lowest BCUT2D eigenvalue weighted by molar-refractivity contribution is -0.121. The summed E-state index contributed by atoms with van der Waals surface area (Å²) in [5.74, 6) is 0.617. The molecule has 0 fully saturated rings. The predicted octanol–water partition coefficient (Wildman–Crippen LogP) is 4.76. The zero-order chi connectivity index (χ0) is 25.0. The monoisotopic (exact) mass is 539 g/mol. The average molecular weight is 540 g/mol. The smallest absolute Gasteiger partial charge is 0.410 e. The van der Waals surface area contributed by atoms with Gasteiger partial charge >= 0.3 is 6.09 Å². The Labute approximate surface area is 212 Å². The van der Waals surface area contributed by atoms with E-state index in [0.29, 0.717) is 28.1 Å². The molecule has 0 heterocycles. The Hall–Kier alpha value is -3.85. The maximum absolute atomic E-state index is 12.2. The molecule has 9 heteroatoms. The van der Waals surface area contributed by atoms with Crippen LogP contribution in [0.5, 0.6) is 11.5 Å². The van der Waals surface area contributed by atoms with E-state index in [1.165, 1.54) is 18.2 Å². The van der Waals surface area contributed by atoms with Gasteiger partial charge in [0.05, 0.1) is 17.8 Å². The summed E-state index contributed by atoms with van der Waals surface area (Å²) in [7, 11) is 3.03. The number of hydrazone groups is 1. The maximum Gasteiger partial charge on any atom is 0.410 e. The fourth-order valence-corrected chi connectivity index (χ4v) is 3.58. The van der Waals surface area contributed by atoms with Gasteiger partial charge in [0.2, 0.25) is 0 Å². The van der Waals surface area contributed by atoms with Crippen LogP contribution in [0.3, 0.4) is 0 Å². The molecule has 0 saturated heterocycles. The van der Waals surface area contributed by atoms with E-state index in [-0.39, 0.29) is 13.2 Å². The highest BCUT2D eigenvalue weighted by Gasteiger charge is 2.14. The maximum atomic E-state index is 12.2. The second-order valence-electron chi connectivity index (χ2n) is 7.50. The van der Waals surface area contributed by atoms with E-state index in [9.17, 15) is 9.59 Å². The molecule has 3 aromatic rings. The van der Waals surface area contributed by atoms with Crippen molar-refractivity contribution in [2.45, 2.75) is 13.2 Å². The topological polar surface area (TPSA) is 89.5 Å². The zero-order valence-electron chi connectivity index (χ0n) is 19.4. The number of rotatable bonds is 10. The van der Waals surface area contributed by atoms with E-state index in [4.69, 9.17) is 14.2 Å².